The maximum Gasteiger partial charge on any atom is 0.303 e. The summed E-state index contributed by atoms with van der Waals surface area (Å²) in [5.41, 5.74) is 1.24. The lowest BCUT2D eigenvalue weighted by Crippen LogP contribution is -2.41. The molecule has 0 amide bonds. The lowest BCUT2D eigenvalue weighted by Gasteiger charge is -2.35. The maximum absolute atomic E-state index is 10.8. The van der Waals surface area contributed by atoms with E-state index >= 15 is 0 Å². The number of piperidine rings is 1. The van der Waals surface area contributed by atoms with Crippen LogP contribution in [-0.2, 0) is 11.2 Å². The Hall–Kier alpha value is -1.55. The quantitative estimate of drug-likeness (QED) is 0.875. The topological polar surface area (TPSA) is 49.8 Å². The van der Waals surface area contributed by atoms with Gasteiger partial charge in [0, 0.05) is 12.5 Å². The molecule has 21 heavy (non-hydrogen) atoms. The van der Waals surface area contributed by atoms with Gasteiger partial charge in [0.15, 0.2) is 0 Å². The van der Waals surface area contributed by atoms with Crippen LogP contribution in [0.4, 0.5) is 0 Å². The molecule has 4 nitrogen and oxygen atoms in total. The molecule has 1 atom stereocenters. The third-order valence-corrected chi connectivity index (χ3v) is 4.44. The number of methoxy groups -OCH3 is 1. The van der Waals surface area contributed by atoms with Gasteiger partial charge in [0.2, 0.25) is 0 Å². The van der Waals surface area contributed by atoms with Crippen LogP contribution in [0.1, 0.15) is 31.7 Å². The molecule has 0 aliphatic carbocycles. The Morgan fingerprint density at radius 2 is 2.05 bits per heavy atom. The zero-order valence-electron chi connectivity index (χ0n) is 12.9. The van der Waals surface area contributed by atoms with Gasteiger partial charge in [-0.15, -0.1) is 0 Å². The van der Waals surface area contributed by atoms with Crippen molar-refractivity contribution in [3.63, 3.8) is 0 Å². The highest BCUT2D eigenvalue weighted by atomic mass is 16.5. The van der Waals surface area contributed by atoms with E-state index in [4.69, 9.17) is 9.84 Å². The summed E-state index contributed by atoms with van der Waals surface area (Å²) in [5.74, 6) is 0.623. The van der Waals surface area contributed by atoms with Crippen molar-refractivity contribution in [3.8, 4) is 5.75 Å². The predicted octanol–water partition coefficient (Wildman–Crippen LogP) is 2.81. The first-order valence-electron chi connectivity index (χ1n) is 7.68. The summed E-state index contributed by atoms with van der Waals surface area (Å²) in [6.45, 7) is 4.23. The van der Waals surface area contributed by atoms with Crippen molar-refractivity contribution in [2.45, 2.75) is 38.6 Å². The van der Waals surface area contributed by atoms with E-state index in [1.807, 2.05) is 18.2 Å². The van der Waals surface area contributed by atoms with Crippen molar-refractivity contribution in [2.75, 3.05) is 20.2 Å². The third kappa shape index (κ3) is 4.46. The zero-order chi connectivity index (χ0) is 15.2. The highest BCUT2D eigenvalue weighted by Crippen LogP contribution is 2.25. The van der Waals surface area contributed by atoms with Crippen molar-refractivity contribution >= 4 is 5.97 Å². The molecule has 4 heteroatoms. The summed E-state index contributed by atoms with van der Waals surface area (Å²) in [6, 6.07) is 8.61. The van der Waals surface area contributed by atoms with E-state index in [0.717, 1.165) is 38.1 Å². The Morgan fingerprint density at radius 1 is 1.38 bits per heavy atom. The largest absolute Gasteiger partial charge is 0.496 e. The SMILES string of the molecule is COc1ccccc1CC(C)N1CCC(CC(=O)O)CC1. The summed E-state index contributed by atoms with van der Waals surface area (Å²) >= 11 is 0. The molecule has 0 bridgehead atoms. The van der Waals surface area contributed by atoms with Crippen molar-refractivity contribution in [2.24, 2.45) is 5.92 Å². The first-order valence-corrected chi connectivity index (χ1v) is 7.68. The van der Waals surface area contributed by atoms with Gasteiger partial charge in [-0.3, -0.25) is 4.79 Å². The molecule has 0 spiro atoms. The Bertz CT molecular complexity index is 467. The zero-order valence-corrected chi connectivity index (χ0v) is 12.9. The van der Waals surface area contributed by atoms with E-state index < -0.39 is 5.97 Å². The van der Waals surface area contributed by atoms with Crippen LogP contribution in [0.2, 0.25) is 0 Å². The number of likely N-dealkylation sites (tertiary alicyclic amines) is 1. The number of aliphatic carboxylic acids is 1. The average molecular weight is 291 g/mol. The number of rotatable bonds is 6. The van der Waals surface area contributed by atoms with Crippen LogP contribution in [0.5, 0.6) is 5.75 Å². The van der Waals surface area contributed by atoms with Crippen LogP contribution in [-0.4, -0.2) is 42.2 Å². The predicted molar refractivity (Wildman–Crippen MR) is 82.7 cm³/mol. The monoisotopic (exact) mass is 291 g/mol. The van der Waals surface area contributed by atoms with Crippen LogP contribution in [0.25, 0.3) is 0 Å². The first kappa shape index (κ1) is 15.8. The lowest BCUT2D eigenvalue weighted by atomic mass is 9.92. The van der Waals surface area contributed by atoms with Crippen molar-refractivity contribution in [3.05, 3.63) is 29.8 Å². The second-order valence-electron chi connectivity index (χ2n) is 5.94. The standard InChI is InChI=1S/C17H25NO3/c1-13(11-15-5-3-4-6-16(15)21-2)18-9-7-14(8-10-18)12-17(19)20/h3-6,13-14H,7-12H2,1-2H3,(H,19,20). The summed E-state index contributed by atoms with van der Waals surface area (Å²) in [5, 5.41) is 8.87. The highest BCUT2D eigenvalue weighted by molar-refractivity contribution is 5.67. The third-order valence-electron chi connectivity index (χ3n) is 4.44. The fourth-order valence-electron chi connectivity index (χ4n) is 3.16. The van der Waals surface area contributed by atoms with Gasteiger partial charge in [-0.25, -0.2) is 0 Å². The highest BCUT2D eigenvalue weighted by Gasteiger charge is 2.24. The van der Waals surface area contributed by atoms with Gasteiger partial charge < -0.3 is 14.7 Å². The number of carboxylic acid groups (broad SMARTS) is 1. The summed E-state index contributed by atoms with van der Waals surface area (Å²) in [7, 11) is 1.71. The molecule has 116 valence electrons. The Labute approximate surface area is 126 Å². The number of para-hydroxylation sites is 1. The Balaban J connectivity index is 1.87. The first-order chi connectivity index (χ1) is 10.1. The fourth-order valence-corrected chi connectivity index (χ4v) is 3.16. The fraction of sp³-hybridized carbons (Fsp3) is 0.588. The van der Waals surface area contributed by atoms with Gasteiger partial charge in [0.1, 0.15) is 5.75 Å². The number of benzene rings is 1. The minimum atomic E-state index is -0.671. The number of hydrogen-bond donors (Lipinski definition) is 1. The van der Waals surface area contributed by atoms with Crippen LogP contribution in [0.15, 0.2) is 24.3 Å². The molecule has 1 aromatic rings. The number of hydrogen-bond acceptors (Lipinski definition) is 3. The summed E-state index contributed by atoms with van der Waals surface area (Å²) in [6.07, 6.45) is 3.26. The molecule has 0 radical (unpaired) electrons. The van der Waals surface area contributed by atoms with E-state index in [9.17, 15) is 4.79 Å². The van der Waals surface area contributed by atoms with Gasteiger partial charge in [-0.05, 0) is 56.8 Å². The molecule has 0 aromatic heterocycles. The second kappa shape index (κ2) is 7.46. The second-order valence-corrected chi connectivity index (χ2v) is 5.94. The van der Waals surface area contributed by atoms with Gasteiger partial charge >= 0.3 is 5.97 Å². The van der Waals surface area contributed by atoms with E-state index in [2.05, 4.69) is 17.9 Å². The minimum absolute atomic E-state index is 0.314. The van der Waals surface area contributed by atoms with Crippen LogP contribution in [0, 0.1) is 5.92 Å². The summed E-state index contributed by atoms with van der Waals surface area (Å²) in [4.78, 5) is 13.2. The van der Waals surface area contributed by atoms with E-state index in [-0.39, 0.29) is 0 Å². The Kier molecular flexibility index (Phi) is 5.62. The number of carboxylic acids is 1. The number of nitrogens with zero attached hydrogens (tertiary/aromatic N) is 1. The molecule has 0 saturated carbocycles. The van der Waals surface area contributed by atoms with Crippen molar-refractivity contribution < 1.29 is 14.6 Å². The average Bonchev–Trinajstić information content (AvgIpc) is 2.48. The van der Waals surface area contributed by atoms with Crippen molar-refractivity contribution in [1.82, 2.24) is 4.90 Å². The summed E-state index contributed by atoms with van der Waals surface area (Å²) < 4.78 is 5.41. The molecular formula is C17H25NO3. The normalized spacial score (nSPS) is 18.4. The van der Waals surface area contributed by atoms with Gasteiger partial charge in [-0.1, -0.05) is 18.2 Å². The smallest absolute Gasteiger partial charge is 0.303 e. The molecule has 1 aliphatic heterocycles. The lowest BCUT2D eigenvalue weighted by molar-refractivity contribution is -0.138. The molecule has 2 rings (SSSR count). The maximum atomic E-state index is 10.8. The van der Waals surface area contributed by atoms with Crippen molar-refractivity contribution in [1.29, 1.82) is 0 Å². The van der Waals surface area contributed by atoms with Gasteiger partial charge in [-0.2, -0.15) is 0 Å². The molecule has 1 saturated heterocycles. The molecule has 1 unspecified atom stereocenters. The molecule has 1 heterocycles. The van der Waals surface area contributed by atoms with Crippen LogP contribution in [0.3, 0.4) is 0 Å². The van der Waals surface area contributed by atoms with Gasteiger partial charge in [0.25, 0.3) is 0 Å². The number of carbonyl (C=O) groups is 1. The molecule has 1 aromatic carbocycles. The van der Waals surface area contributed by atoms with E-state index in [0.29, 0.717) is 18.4 Å². The minimum Gasteiger partial charge on any atom is -0.496 e. The van der Waals surface area contributed by atoms with Gasteiger partial charge in [0.05, 0.1) is 7.11 Å². The van der Waals surface area contributed by atoms with Crippen LogP contribution < -0.4 is 4.74 Å². The Morgan fingerprint density at radius 3 is 2.67 bits per heavy atom. The van der Waals surface area contributed by atoms with E-state index in [1.165, 1.54) is 5.56 Å². The van der Waals surface area contributed by atoms with Crippen LogP contribution >= 0.6 is 0 Å². The van der Waals surface area contributed by atoms with E-state index in [1.54, 1.807) is 7.11 Å². The molecule has 1 N–H and O–H groups in total. The molecular weight excluding hydrogens is 266 g/mol. The molecule has 1 aliphatic rings. The molecule has 1 fully saturated rings. The number of ether oxygens (including phenoxy) is 1.